The molecule has 31 heavy (non-hydrogen) atoms. The van der Waals surface area contributed by atoms with Crippen molar-refractivity contribution in [1.29, 1.82) is 5.26 Å². The summed E-state index contributed by atoms with van der Waals surface area (Å²) in [6.07, 6.45) is 4.17. The lowest BCUT2D eigenvalue weighted by Crippen LogP contribution is -2.29. The summed E-state index contributed by atoms with van der Waals surface area (Å²) in [6.45, 7) is 0.740. The molecule has 10 nitrogen and oxygen atoms in total. The van der Waals surface area contributed by atoms with Gasteiger partial charge in [0.25, 0.3) is 5.91 Å². The number of fused-ring (bicyclic) bond motifs is 1. The Hall–Kier alpha value is -3.33. The van der Waals surface area contributed by atoms with E-state index in [1.54, 1.807) is 29.0 Å². The number of amides is 1. The molecular formula is C20H22BN5O5. The molecule has 2 aromatic rings. The van der Waals surface area contributed by atoms with Gasteiger partial charge in [-0.15, -0.1) is 0 Å². The van der Waals surface area contributed by atoms with Gasteiger partial charge in [0, 0.05) is 30.7 Å². The van der Waals surface area contributed by atoms with Gasteiger partial charge >= 0.3 is 7.12 Å². The number of carbonyl (C=O) groups is 1. The predicted molar refractivity (Wildman–Crippen MR) is 112 cm³/mol. The first-order valence-electron chi connectivity index (χ1n) is 9.93. The molecular weight excluding hydrogens is 401 g/mol. The average molecular weight is 423 g/mol. The molecule has 11 heteroatoms. The molecule has 0 aliphatic carbocycles. The Kier molecular flexibility index (Phi) is 5.95. The Labute approximate surface area is 179 Å². The van der Waals surface area contributed by atoms with Gasteiger partial charge in [0.2, 0.25) is 0 Å². The molecule has 3 heterocycles. The van der Waals surface area contributed by atoms with Crippen LogP contribution < -0.4 is 15.7 Å². The summed E-state index contributed by atoms with van der Waals surface area (Å²) in [5.74, 6) is -0.152. The second-order valence-electron chi connectivity index (χ2n) is 7.44. The van der Waals surface area contributed by atoms with Crippen molar-refractivity contribution in [2.24, 2.45) is 11.7 Å². The maximum Gasteiger partial charge on any atom is 0.555 e. The highest BCUT2D eigenvalue weighted by Gasteiger charge is 2.30. The molecule has 1 aromatic heterocycles. The summed E-state index contributed by atoms with van der Waals surface area (Å²) in [4.78, 5) is 12.0. The van der Waals surface area contributed by atoms with Crippen LogP contribution in [-0.2, 0) is 4.74 Å². The summed E-state index contributed by atoms with van der Waals surface area (Å²) >= 11 is 0. The summed E-state index contributed by atoms with van der Waals surface area (Å²) in [5, 5.41) is 36.2. The number of aliphatic hydroxyl groups excluding tert-OH is 1. The molecule has 0 radical (unpaired) electrons. The smallest absolute Gasteiger partial charge is 0.532 e. The molecule has 5 N–H and O–H groups in total. The van der Waals surface area contributed by atoms with Gasteiger partial charge in [-0.25, -0.2) is 0 Å². The minimum Gasteiger partial charge on any atom is -0.532 e. The van der Waals surface area contributed by atoms with E-state index in [9.17, 15) is 15.1 Å². The molecule has 2 atom stereocenters. The minimum atomic E-state index is -1.10. The number of nitrogens with two attached hydrogens (primary N) is 1. The van der Waals surface area contributed by atoms with Gasteiger partial charge in [0.15, 0.2) is 5.82 Å². The number of hydrogen-bond donors (Lipinski definition) is 4. The van der Waals surface area contributed by atoms with Gasteiger partial charge in [0.05, 0.1) is 24.6 Å². The first-order valence-corrected chi connectivity index (χ1v) is 9.93. The van der Waals surface area contributed by atoms with E-state index in [2.05, 4.69) is 16.5 Å². The van der Waals surface area contributed by atoms with E-state index in [1.807, 2.05) is 0 Å². The molecule has 0 bridgehead atoms. The Balaban J connectivity index is 1.63. The number of aromatic nitrogens is 2. The van der Waals surface area contributed by atoms with E-state index in [0.717, 1.165) is 0 Å². The lowest BCUT2D eigenvalue weighted by atomic mass is 9.74. The van der Waals surface area contributed by atoms with Crippen LogP contribution in [0.3, 0.4) is 0 Å². The van der Waals surface area contributed by atoms with Crippen LogP contribution in [-0.4, -0.2) is 52.8 Å². The number of anilines is 2. The fraction of sp³-hybridized carbons (Fsp3) is 0.350. The van der Waals surface area contributed by atoms with Gasteiger partial charge in [-0.1, -0.05) is 6.08 Å². The van der Waals surface area contributed by atoms with E-state index < -0.39 is 13.0 Å². The number of carbonyl (C=O) groups excluding carboxylic acids is 1. The van der Waals surface area contributed by atoms with Crippen LogP contribution in [0.25, 0.3) is 6.08 Å². The third-order valence-electron chi connectivity index (χ3n) is 5.40. The van der Waals surface area contributed by atoms with E-state index >= 15 is 0 Å². The summed E-state index contributed by atoms with van der Waals surface area (Å²) in [6, 6.07) is 7.16. The largest absolute Gasteiger partial charge is 0.555 e. The Morgan fingerprint density at radius 1 is 1.48 bits per heavy atom. The molecule has 0 spiro atoms. The standard InChI is InChI=1S/C20H22BN5O5/c22-9-12-4-6-30-11-17(12)26-10-16(19(23)28)20(25-26)24-15-1-2-18-13(8-15)7-14(3-5-27)21(29)31-18/h1-2,7-8,10,12,17,27,29H,3-6,11H2,(H2,23,28)(H,24,25)/t12-,17+/m0/s1. The third kappa shape index (κ3) is 4.27. The van der Waals surface area contributed by atoms with Gasteiger partial charge < -0.3 is 30.6 Å². The molecule has 1 fully saturated rings. The monoisotopic (exact) mass is 423 g/mol. The minimum absolute atomic E-state index is 0.104. The van der Waals surface area contributed by atoms with E-state index in [1.165, 1.54) is 6.20 Å². The maximum absolute atomic E-state index is 12.0. The molecule has 160 valence electrons. The SMILES string of the molecule is N#C[C@@H]1CCOC[C@H]1n1cc(C(N)=O)c(Nc2ccc3c(c2)C=C(CCO)B(O)O3)n1. The highest BCUT2D eigenvalue weighted by atomic mass is 16.5. The zero-order valence-corrected chi connectivity index (χ0v) is 16.7. The number of ether oxygens (including phenoxy) is 1. The van der Waals surface area contributed by atoms with Crippen LogP contribution in [0.15, 0.2) is 29.9 Å². The van der Waals surface area contributed by atoms with E-state index in [4.69, 9.17) is 20.2 Å². The van der Waals surface area contributed by atoms with Crippen molar-refractivity contribution in [3.63, 3.8) is 0 Å². The predicted octanol–water partition coefficient (Wildman–Crippen LogP) is 1.00. The molecule has 1 saturated heterocycles. The normalized spacial score (nSPS) is 20.3. The van der Waals surface area contributed by atoms with Crippen molar-refractivity contribution >= 4 is 30.6 Å². The number of benzene rings is 1. The Morgan fingerprint density at radius 2 is 2.32 bits per heavy atom. The Morgan fingerprint density at radius 3 is 3.06 bits per heavy atom. The van der Waals surface area contributed by atoms with Crippen LogP contribution >= 0.6 is 0 Å². The van der Waals surface area contributed by atoms with Crippen molar-refractivity contribution < 1.29 is 24.3 Å². The Bertz CT molecular complexity index is 1060. The summed E-state index contributed by atoms with van der Waals surface area (Å²) in [7, 11) is -1.10. The first-order chi connectivity index (χ1) is 15.0. The topological polar surface area (TPSA) is 156 Å². The van der Waals surface area contributed by atoms with Gasteiger partial charge in [-0.3, -0.25) is 9.48 Å². The van der Waals surface area contributed by atoms with Crippen molar-refractivity contribution in [1.82, 2.24) is 9.78 Å². The van der Waals surface area contributed by atoms with Crippen molar-refractivity contribution in [2.45, 2.75) is 18.9 Å². The zero-order valence-electron chi connectivity index (χ0n) is 16.7. The number of rotatable bonds is 6. The highest BCUT2D eigenvalue weighted by Crippen LogP contribution is 2.33. The summed E-state index contributed by atoms with van der Waals surface area (Å²) in [5.41, 5.74) is 7.65. The van der Waals surface area contributed by atoms with Crippen LogP contribution in [0.5, 0.6) is 5.75 Å². The van der Waals surface area contributed by atoms with Gasteiger partial charge in [-0.2, -0.15) is 10.4 Å². The first kappa shape index (κ1) is 20.9. The fourth-order valence-electron chi connectivity index (χ4n) is 3.74. The van der Waals surface area contributed by atoms with Gasteiger partial charge in [0.1, 0.15) is 11.3 Å². The van der Waals surface area contributed by atoms with Crippen molar-refractivity contribution in [2.75, 3.05) is 25.1 Å². The summed E-state index contributed by atoms with van der Waals surface area (Å²) < 4.78 is 12.5. The lowest BCUT2D eigenvalue weighted by molar-refractivity contribution is 0.0342. The lowest BCUT2D eigenvalue weighted by Gasteiger charge is -2.26. The molecule has 2 aliphatic heterocycles. The van der Waals surface area contributed by atoms with Crippen molar-refractivity contribution in [3.05, 3.63) is 41.0 Å². The molecule has 0 unspecified atom stereocenters. The highest BCUT2D eigenvalue weighted by molar-refractivity contribution is 6.54. The number of nitrogens with one attached hydrogen (secondary N) is 1. The van der Waals surface area contributed by atoms with Crippen LogP contribution in [0.1, 0.15) is 34.8 Å². The van der Waals surface area contributed by atoms with Gasteiger partial charge in [-0.05, 0) is 36.5 Å². The zero-order chi connectivity index (χ0) is 22.0. The number of aliphatic hydroxyl groups is 1. The van der Waals surface area contributed by atoms with Crippen LogP contribution in [0.4, 0.5) is 11.5 Å². The number of nitriles is 1. The second-order valence-corrected chi connectivity index (χ2v) is 7.44. The number of primary amides is 1. The van der Waals surface area contributed by atoms with Crippen LogP contribution in [0, 0.1) is 17.2 Å². The third-order valence-corrected chi connectivity index (χ3v) is 5.40. The molecule has 2 aliphatic rings. The molecule has 0 saturated carbocycles. The molecule has 1 aromatic carbocycles. The van der Waals surface area contributed by atoms with Crippen molar-refractivity contribution in [3.8, 4) is 11.8 Å². The number of nitrogens with zero attached hydrogens (tertiary/aromatic N) is 3. The molecule has 1 amide bonds. The maximum atomic E-state index is 12.0. The van der Waals surface area contributed by atoms with Crippen LogP contribution in [0.2, 0.25) is 0 Å². The molecule has 4 rings (SSSR count). The van der Waals surface area contributed by atoms with E-state index in [0.29, 0.717) is 42.1 Å². The quantitative estimate of drug-likeness (QED) is 0.502. The average Bonchev–Trinajstić information content (AvgIpc) is 3.18. The second kappa shape index (κ2) is 8.81. The van der Waals surface area contributed by atoms with E-state index in [-0.39, 0.29) is 36.4 Å². The fourth-order valence-corrected chi connectivity index (χ4v) is 3.74. The number of hydrogen-bond acceptors (Lipinski definition) is 8.